The molecule has 0 radical (unpaired) electrons. The van der Waals surface area contributed by atoms with Gasteiger partial charge in [-0.3, -0.25) is 4.79 Å². The van der Waals surface area contributed by atoms with Crippen molar-refractivity contribution in [1.29, 1.82) is 0 Å². The van der Waals surface area contributed by atoms with E-state index < -0.39 is 4.20 Å². The molecule has 1 aliphatic rings. The molecule has 0 fully saturated rings. The summed E-state index contributed by atoms with van der Waals surface area (Å²) in [5.41, 5.74) is 0. The lowest BCUT2D eigenvalue weighted by Gasteiger charge is -2.14. The highest BCUT2D eigenvalue weighted by Crippen LogP contribution is 2.52. The number of azo groups is 1. The summed E-state index contributed by atoms with van der Waals surface area (Å²) in [6.45, 7) is 2.15. The largest absolute Gasteiger partial charge is 0.465 e. The second-order valence-corrected chi connectivity index (χ2v) is 8.55. The second kappa shape index (κ2) is 6.66. The van der Waals surface area contributed by atoms with Gasteiger partial charge in [0, 0.05) is 0 Å². The Morgan fingerprint density at radius 1 is 1.58 bits per heavy atom. The van der Waals surface area contributed by atoms with Gasteiger partial charge in [-0.25, -0.2) is 0 Å². The Labute approximate surface area is 133 Å². The molecule has 0 saturated carbocycles. The van der Waals surface area contributed by atoms with E-state index in [0.717, 1.165) is 0 Å². The van der Waals surface area contributed by atoms with Crippen molar-refractivity contribution in [2.24, 2.45) is 10.2 Å². The van der Waals surface area contributed by atoms with Crippen molar-refractivity contribution in [3.8, 4) is 0 Å². The number of esters is 1. The van der Waals surface area contributed by atoms with Crippen LogP contribution < -0.4 is 0 Å². The molecule has 0 aliphatic carbocycles. The van der Waals surface area contributed by atoms with E-state index in [1.807, 2.05) is 0 Å². The predicted molar refractivity (Wildman–Crippen MR) is 83.2 cm³/mol. The van der Waals surface area contributed by atoms with Crippen molar-refractivity contribution >= 4 is 66.1 Å². The minimum absolute atomic E-state index is 0.200. The zero-order valence-electron chi connectivity index (χ0n) is 9.72. The summed E-state index contributed by atoms with van der Waals surface area (Å²) in [7, 11) is 0. The summed E-state index contributed by atoms with van der Waals surface area (Å²) in [6.07, 6.45) is 0. The molecule has 2 rings (SSSR count). The Bertz CT molecular complexity index is 495. The normalized spacial score (nSPS) is 25.7. The standard InChI is InChI=1S/C8H10N4O2S5/c1-2-14-4(13)3-17-7-11-12-8(16,19-7)5-9-10-6(15)18-5/h7,16H,2-3H2,1H3,(H,10,15). The average molecular weight is 355 g/mol. The SMILES string of the molecule is CCOC(=O)CSC1N=NC(S)(c2nnc(S)s2)S1. The molecule has 0 N–H and O–H groups in total. The molecular weight excluding hydrogens is 344 g/mol. The Kier molecular flexibility index (Phi) is 5.40. The molecule has 0 bridgehead atoms. The Morgan fingerprint density at radius 2 is 2.37 bits per heavy atom. The van der Waals surface area contributed by atoms with Crippen LogP contribution >= 0.6 is 60.1 Å². The number of aromatic nitrogens is 2. The van der Waals surface area contributed by atoms with Crippen LogP contribution in [0.4, 0.5) is 0 Å². The molecule has 19 heavy (non-hydrogen) atoms. The summed E-state index contributed by atoms with van der Waals surface area (Å²) >= 11 is 12.6. The first-order valence-corrected chi connectivity index (χ1v) is 8.80. The molecule has 0 aromatic carbocycles. The third kappa shape index (κ3) is 4.00. The van der Waals surface area contributed by atoms with Gasteiger partial charge in [-0.05, 0) is 6.92 Å². The van der Waals surface area contributed by atoms with Gasteiger partial charge in [-0.1, -0.05) is 23.1 Å². The lowest BCUT2D eigenvalue weighted by molar-refractivity contribution is -0.139. The molecular formula is C8H10N4O2S5. The number of hydrogen-bond acceptors (Lipinski definition) is 11. The van der Waals surface area contributed by atoms with Crippen molar-refractivity contribution < 1.29 is 9.53 Å². The van der Waals surface area contributed by atoms with Crippen LogP contribution in [0.5, 0.6) is 0 Å². The van der Waals surface area contributed by atoms with Crippen LogP contribution in [0.3, 0.4) is 0 Å². The minimum atomic E-state index is -0.842. The minimum Gasteiger partial charge on any atom is -0.465 e. The number of thioether (sulfide) groups is 2. The first-order chi connectivity index (χ1) is 9.03. The maximum atomic E-state index is 11.3. The highest BCUT2D eigenvalue weighted by molar-refractivity contribution is 8.21. The van der Waals surface area contributed by atoms with Crippen LogP contribution in [0.1, 0.15) is 11.9 Å². The Balaban J connectivity index is 1.90. The van der Waals surface area contributed by atoms with Crippen molar-refractivity contribution in [1.82, 2.24) is 10.2 Å². The predicted octanol–water partition coefficient (Wildman–Crippen LogP) is 2.65. The van der Waals surface area contributed by atoms with Crippen molar-refractivity contribution in [3.63, 3.8) is 0 Å². The van der Waals surface area contributed by atoms with Gasteiger partial charge in [0.2, 0.25) is 4.20 Å². The van der Waals surface area contributed by atoms with Gasteiger partial charge in [0.15, 0.2) is 14.1 Å². The summed E-state index contributed by atoms with van der Waals surface area (Å²) in [5.74, 6) is -0.0176. The Hall–Kier alpha value is 0.0300. The van der Waals surface area contributed by atoms with Crippen LogP contribution in [0.2, 0.25) is 0 Å². The van der Waals surface area contributed by atoms with Crippen molar-refractivity contribution in [2.75, 3.05) is 12.4 Å². The van der Waals surface area contributed by atoms with Gasteiger partial charge in [-0.15, -0.1) is 47.2 Å². The molecule has 104 valence electrons. The maximum absolute atomic E-state index is 11.3. The van der Waals surface area contributed by atoms with E-state index in [-0.39, 0.29) is 16.4 Å². The number of carbonyl (C=O) groups excluding carboxylic acids is 1. The third-order valence-electron chi connectivity index (χ3n) is 1.89. The summed E-state index contributed by atoms with van der Waals surface area (Å²) in [6, 6.07) is 0. The van der Waals surface area contributed by atoms with Crippen LogP contribution in [0.15, 0.2) is 14.6 Å². The van der Waals surface area contributed by atoms with E-state index in [0.29, 0.717) is 16.0 Å². The van der Waals surface area contributed by atoms with Crippen LogP contribution in [-0.4, -0.2) is 33.2 Å². The average Bonchev–Trinajstić information content (AvgIpc) is 2.95. The van der Waals surface area contributed by atoms with E-state index in [1.165, 1.54) is 34.9 Å². The van der Waals surface area contributed by atoms with Gasteiger partial charge < -0.3 is 4.74 Å². The van der Waals surface area contributed by atoms with Gasteiger partial charge in [0.25, 0.3) is 0 Å². The van der Waals surface area contributed by atoms with Crippen LogP contribution in [0, 0.1) is 0 Å². The molecule has 2 atom stereocenters. The first-order valence-electron chi connectivity index (χ1n) is 5.16. The number of nitrogens with zero attached hydrogens (tertiary/aromatic N) is 4. The smallest absolute Gasteiger partial charge is 0.315 e. The fourth-order valence-corrected chi connectivity index (χ4v) is 4.97. The van der Waals surface area contributed by atoms with Gasteiger partial charge in [0.05, 0.1) is 12.4 Å². The van der Waals surface area contributed by atoms with Crippen LogP contribution in [0.25, 0.3) is 0 Å². The van der Waals surface area contributed by atoms with Crippen molar-refractivity contribution in [2.45, 2.75) is 20.2 Å². The van der Waals surface area contributed by atoms with E-state index in [9.17, 15) is 4.79 Å². The molecule has 0 amide bonds. The summed E-state index contributed by atoms with van der Waals surface area (Å²) in [5, 5.41) is 16.6. The summed E-state index contributed by atoms with van der Waals surface area (Å²) in [4.78, 5) is 11.3. The molecule has 11 heteroatoms. The zero-order valence-corrected chi connectivity index (χ0v) is 14.0. The molecule has 1 aromatic rings. The molecule has 1 aromatic heterocycles. The first kappa shape index (κ1) is 15.4. The van der Waals surface area contributed by atoms with Crippen molar-refractivity contribution in [3.05, 3.63) is 5.01 Å². The lowest BCUT2D eigenvalue weighted by atomic mass is 10.7. The van der Waals surface area contributed by atoms with E-state index in [4.69, 9.17) is 4.74 Å². The van der Waals surface area contributed by atoms with E-state index in [1.54, 1.807) is 6.92 Å². The third-order valence-corrected chi connectivity index (χ3v) is 6.37. The monoisotopic (exact) mass is 354 g/mol. The fraction of sp³-hybridized carbons (Fsp3) is 0.625. The number of thiol groups is 2. The molecule has 0 spiro atoms. The molecule has 2 unspecified atom stereocenters. The van der Waals surface area contributed by atoms with Gasteiger partial charge in [-0.2, -0.15) is 10.2 Å². The Morgan fingerprint density at radius 3 is 3.00 bits per heavy atom. The highest BCUT2D eigenvalue weighted by atomic mass is 32.2. The molecule has 0 saturated heterocycles. The van der Waals surface area contributed by atoms with E-state index >= 15 is 0 Å². The maximum Gasteiger partial charge on any atom is 0.315 e. The molecule has 1 aliphatic heterocycles. The number of ether oxygens (including phenoxy) is 1. The molecule has 2 heterocycles. The van der Waals surface area contributed by atoms with Gasteiger partial charge >= 0.3 is 5.97 Å². The highest BCUT2D eigenvalue weighted by Gasteiger charge is 2.41. The van der Waals surface area contributed by atoms with Gasteiger partial charge in [0.1, 0.15) is 0 Å². The topological polar surface area (TPSA) is 76.8 Å². The quantitative estimate of drug-likeness (QED) is 0.625. The number of rotatable bonds is 5. The van der Waals surface area contributed by atoms with E-state index in [2.05, 4.69) is 45.7 Å². The lowest BCUT2D eigenvalue weighted by Crippen LogP contribution is -2.11. The second-order valence-electron chi connectivity index (χ2n) is 3.25. The van der Waals surface area contributed by atoms with Crippen LogP contribution in [-0.2, 0) is 13.7 Å². The number of carbonyl (C=O) groups is 1. The summed E-state index contributed by atoms with van der Waals surface area (Å²) < 4.78 is 4.37. The fourth-order valence-electron chi connectivity index (χ4n) is 1.16. The molecule has 6 nitrogen and oxygen atoms in total. The zero-order chi connectivity index (χ0) is 13.9. The number of hydrogen-bond donors (Lipinski definition) is 2.